The summed E-state index contributed by atoms with van der Waals surface area (Å²) >= 11 is 0. The van der Waals surface area contributed by atoms with E-state index in [1.54, 1.807) is 24.3 Å². The highest BCUT2D eigenvalue weighted by atomic mass is 16.7. The molecule has 0 unspecified atom stereocenters. The van der Waals surface area contributed by atoms with Gasteiger partial charge in [0.25, 0.3) is 11.8 Å². The highest BCUT2D eigenvalue weighted by Gasteiger charge is 2.30. The van der Waals surface area contributed by atoms with Crippen molar-refractivity contribution in [1.29, 1.82) is 0 Å². The molecule has 2 aliphatic heterocycles. The Morgan fingerprint density at radius 3 is 2.19 bits per heavy atom. The standard InChI is InChI=1S/C49H37N3O12/c53-30-14-16-36-42(22-30)63-45-37(44(36)38-21-29(13-15-35(38)47(57)58)48(59)64-52-26-61-20-19-43(52)55)17-18-41(54)39(45)24-50-46(56)28-11-9-27(10-12-28)23-51-49(60)62-25-40-33-7-3-1-5-31(33)32-6-2-4-8-34(32)40/h1-18,21-22,40,53H,19-20,23-26H2,(H,50,56)(H,51,60)(H,57,58). The quantitative estimate of drug-likeness (QED) is 0.0951. The minimum atomic E-state index is -1.33. The molecule has 0 radical (unpaired) electrons. The summed E-state index contributed by atoms with van der Waals surface area (Å²) in [6.07, 6.45) is -0.573. The van der Waals surface area contributed by atoms with Gasteiger partial charge in [-0.2, -0.15) is 0 Å². The third kappa shape index (κ3) is 7.98. The highest BCUT2D eigenvalue weighted by molar-refractivity contribution is 6.09. The molecule has 0 aromatic heterocycles. The number of fused-ring (bicyclic) bond motifs is 5. The summed E-state index contributed by atoms with van der Waals surface area (Å²) in [4.78, 5) is 83.2. The molecule has 0 saturated carbocycles. The van der Waals surface area contributed by atoms with E-state index in [0.29, 0.717) is 10.9 Å². The van der Waals surface area contributed by atoms with Gasteiger partial charge in [0.1, 0.15) is 23.7 Å². The number of aromatic hydroxyl groups is 1. The topological polar surface area (TPSA) is 211 Å². The molecule has 0 bridgehead atoms. The summed E-state index contributed by atoms with van der Waals surface area (Å²) in [6, 6.07) is 33.3. The second-order valence-corrected chi connectivity index (χ2v) is 15.1. The van der Waals surface area contributed by atoms with Crippen molar-refractivity contribution in [3.8, 4) is 39.3 Å². The lowest BCUT2D eigenvalue weighted by Gasteiger charge is -2.24. The molecule has 0 spiro atoms. The Labute approximate surface area is 363 Å². The van der Waals surface area contributed by atoms with Crippen molar-refractivity contribution in [3.05, 3.63) is 170 Å². The van der Waals surface area contributed by atoms with Crippen molar-refractivity contribution in [2.75, 3.05) is 19.9 Å². The molecule has 3 amide bonds. The van der Waals surface area contributed by atoms with Crippen LogP contribution in [0.3, 0.4) is 0 Å². The van der Waals surface area contributed by atoms with E-state index in [0.717, 1.165) is 27.3 Å². The molecule has 4 aliphatic rings. The number of alkyl carbamates (subject to hydrolysis) is 1. The fraction of sp³-hybridized carbons (Fsp3) is 0.143. The molecule has 2 aliphatic carbocycles. The van der Waals surface area contributed by atoms with Gasteiger partial charge in [0, 0.05) is 40.6 Å². The van der Waals surface area contributed by atoms with Gasteiger partial charge in [-0.25, -0.2) is 14.4 Å². The number of nitrogens with one attached hydrogen (secondary N) is 2. The molecular formula is C49H37N3O12. The van der Waals surface area contributed by atoms with Crippen LogP contribution in [-0.2, 0) is 32.2 Å². The van der Waals surface area contributed by atoms with Crippen molar-refractivity contribution in [2.24, 2.45) is 0 Å². The van der Waals surface area contributed by atoms with Gasteiger partial charge in [-0.1, -0.05) is 60.7 Å². The van der Waals surface area contributed by atoms with Crippen molar-refractivity contribution in [2.45, 2.75) is 25.4 Å². The number of carboxylic acids is 1. The lowest BCUT2D eigenvalue weighted by Crippen LogP contribution is -2.39. The normalized spacial score (nSPS) is 13.3. The average molecular weight is 860 g/mol. The van der Waals surface area contributed by atoms with Gasteiger partial charge in [0.05, 0.1) is 36.3 Å². The Kier molecular flexibility index (Phi) is 11.1. The Morgan fingerprint density at radius 1 is 0.750 bits per heavy atom. The predicted molar refractivity (Wildman–Crippen MR) is 230 cm³/mol. The second kappa shape index (κ2) is 17.2. The molecule has 5 aromatic rings. The summed E-state index contributed by atoms with van der Waals surface area (Å²) in [7, 11) is 0. The van der Waals surface area contributed by atoms with Crippen LogP contribution in [0.1, 0.15) is 65.7 Å². The third-order valence-electron chi connectivity index (χ3n) is 11.3. The summed E-state index contributed by atoms with van der Waals surface area (Å²) in [6.45, 7) is -0.0921. The first-order valence-corrected chi connectivity index (χ1v) is 20.2. The number of hydrogen-bond donors (Lipinski definition) is 4. The number of phenols is 1. The molecule has 15 nitrogen and oxygen atoms in total. The fourth-order valence-corrected chi connectivity index (χ4v) is 8.10. The maximum atomic E-state index is 13.5. The number of hydrogen-bond acceptors (Lipinski definition) is 11. The molecular weight excluding hydrogens is 823 g/mol. The number of carbonyl (C=O) groups is 5. The summed E-state index contributed by atoms with van der Waals surface area (Å²) in [5, 5.41) is 27.4. The van der Waals surface area contributed by atoms with E-state index in [2.05, 4.69) is 22.8 Å². The van der Waals surface area contributed by atoms with E-state index in [9.17, 15) is 39.0 Å². The number of rotatable bonds is 11. The zero-order valence-corrected chi connectivity index (χ0v) is 33.8. The largest absolute Gasteiger partial charge is 0.508 e. The molecule has 15 heteroatoms. The molecule has 5 aromatic carbocycles. The minimum absolute atomic E-state index is 0.00376. The van der Waals surface area contributed by atoms with Crippen LogP contribution in [0.25, 0.3) is 44.5 Å². The van der Waals surface area contributed by atoms with Crippen LogP contribution in [0, 0.1) is 0 Å². The zero-order valence-electron chi connectivity index (χ0n) is 33.8. The fourth-order valence-electron chi connectivity index (χ4n) is 8.10. The van der Waals surface area contributed by atoms with Gasteiger partial charge in [0.15, 0.2) is 12.2 Å². The van der Waals surface area contributed by atoms with E-state index in [1.807, 2.05) is 36.4 Å². The van der Waals surface area contributed by atoms with Gasteiger partial charge in [-0.3, -0.25) is 14.4 Å². The molecule has 64 heavy (non-hydrogen) atoms. The predicted octanol–water partition coefficient (Wildman–Crippen LogP) is 7.22. The van der Waals surface area contributed by atoms with E-state index >= 15 is 0 Å². The van der Waals surface area contributed by atoms with Crippen LogP contribution in [-0.4, -0.2) is 65.1 Å². The van der Waals surface area contributed by atoms with Crippen molar-refractivity contribution in [3.63, 3.8) is 0 Å². The summed E-state index contributed by atoms with van der Waals surface area (Å²) < 4.78 is 17.1. The third-order valence-corrected chi connectivity index (χ3v) is 11.3. The molecule has 4 N–H and O–H groups in total. The summed E-state index contributed by atoms with van der Waals surface area (Å²) in [5.41, 5.74) is 5.27. The van der Waals surface area contributed by atoms with E-state index in [4.69, 9.17) is 18.7 Å². The maximum Gasteiger partial charge on any atom is 0.407 e. The van der Waals surface area contributed by atoms with Crippen molar-refractivity contribution < 1.29 is 52.9 Å². The van der Waals surface area contributed by atoms with Crippen LogP contribution in [0.4, 0.5) is 4.79 Å². The highest BCUT2D eigenvalue weighted by Crippen LogP contribution is 2.45. The molecule has 320 valence electrons. The number of amides is 3. The average Bonchev–Trinajstić information content (AvgIpc) is 3.63. The van der Waals surface area contributed by atoms with E-state index in [-0.39, 0.29) is 101 Å². The van der Waals surface area contributed by atoms with Crippen molar-refractivity contribution in [1.82, 2.24) is 15.7 Å². The first kappa shape index (κ1) is 41.1. The number of carboxylic acid groups (broad SMARTS) is 1. The number of aromatic carboxylic acids is 1. The first-order valence-electron chi connectivity index (χ1n) is 20.2. The lowest BCUT2D eigenvalue weighted by molar-refractivity contribution is -0.202. The number of hydroxylamine groups is 2. The van der Waals surface area contributed by atoms with Crippen molar-refractivity contribution >= 4 is 40.8 Å². The van der Waals surface area contributed by atoms with Crippen LogP contribution in [0.5, 0.6) is 5.75 Å². The number of phenolic OH excluding ortho intramolecular Hbond substituents is 1. The van der Waals surface area contributed by atoms with Gasteiger partial charge < -0.3 is 39.6 Å². The van der Waals surface area contributed by atoms with E-state index < -0.39 is 35.3 Å². The SMILES string of the molecule is O=C(NCc1ccc(C(=O)NCc2c3oc4cc(O)ccc4c(-c4cc(C(=O)ON5COCCC5=O)ccc4C(=O)O)c-3ccc2=O)cc1)OCC1c2ccccc2-c2ccccc21. The number of ether oxygens (including phenoxy) is 2. The lowest BCUT2D eigenvalue weighted by atomic mass is 9.88. The maximum absolute atomic E-state index is 13.5. The Morgan fingerprint density at radius 2 is 1.47 bits per heavy atom. The molecule has 2 heterocycles. The van der Waals surface area contributed by atoms with Gasteiger partial charge >= 0.3 is 18.0 Å². The Bertz CT molecular complexity index is 3010. The molecule has 9 rings (SSSR count). The molecule has 1 fully saturated rings. The summed E-state index contributed by atoms with van der Waals surface area (Å²) in [5.74, 6) is -3.54. The monoisotopic (exact) mass is 859 g/mol. The molecule has 1 saturated heterocycles. The Hall–Kier alpha value is -8.30. The first-order chi connectivity index (χ1) is 31.0. The number of benzene rings is 6. The van der Waals surface area contributed by atoms with Crippen LogP contribution in [0.2, 0.25) is 0 Å². The second-order valence-electron chi connectivity index (χ2n) is 15.1. The van der Waals surface area contributed by atoms with Gasteiger partial charge in [-0.15, -0.1) is 5.06 Å². The van der Waals surface area contributed by atoms with Crippen LogP contribution >= 0.6 is 0 Å². The van der Waals surface area contributed by atoms with Crippen LogP contribution < -0.4 is 16.1 Å². The Balaban J connectivity index is 0.912. The van der Waals surface area contributed by atoms with Crippen LogP contribution in [0.15, 0.2) is 131 Å². The number of carbonyl (C=O) groups excluding carboxylic acids is 4. The van der Waals surface area contributed by atoms with E-state index in [1.165, 1.54) is 48.5 Å². The van der Waals surface area contributed by atoms with Gasteiger partial charge in [-0.05, 0) is 88.0 Å². The minimum Gasteiger partial charge on any atom is -0.508 e. The van der Waals surface area contributed by atoms with Gasteiger partial charge in [0.2, 0.25) is 0 Å². The smallest absolute Gasteiger partial charge is 0.407 e. The molecule has 0 atom stereocenters. The number of nitrogens with zero attached hydrogens (tertiary/aromatic N) is 1. The zero-order chi connectivity index (χ0) is 44.5.